The normalized spacial score (nSPS) is 15.9. The van der Waals surface area contributed by atoms with Crippen LogP contribution in [-0.2, 0) is 10.2 Å². The molecule has 0 bridgehead atoms. The van der Waals surface area contributed by atoms with E-state index in [9.17, 15) is 0 Å². The molecule has 3 rings (SSSR count). The van der Waals surface area contributed by atoms with E-state index >= 15 is 0 Å². The monoisotopic (exact) mass is 412 g/mol. The van der Waals surface area contributed by atoms with E-state index in [0.717, 1.165) is 34.2 Å². The molecule has 1 heterocycles. The van der Waals surface area contributed by atoms with Gasteiger partial charge in [-0.05, 0) is 47.1 Å². The van der Waals surface area contributed by atoms with Gasteiger partial charge in [-0.1, -0.05) is 52.8 Å². The molecule has 0 aliphatic carbocycles. The molecule has 0 saturated heterocycles. The molecule has 0 saturated carbocycles. The Morgan fingerprint density at radius 1 is 0.897 bits per heavy atom. The van der Waals surface area contributed by atoms with Gasteiger partial charge in [0.25, 0.3) is 0 Å². The number of ether oxygens (including phenoxy) is 2. The van der Waals surface area contributed by atoms with Crippen molar-refractivity contribution in [2.24, 2.45) is 15.6 Å². The summed E-state index contributed by atoms with van der Waals surface area (Å²) < 4.78 is 11.7. The summed E-state index contributed by atoms with van der Waals surface area (Å²) in [6.45, 7) is 13.2. The van der Waals surface area contributed by atoms with Crippen molar-refractivity contribution in [3.8, 4) is 5.75 Å². The Bertz CT molecular complexity index is 856. The minimum absolute atomic E-state index is 0.0286. The van der Waals surface area contributed by atoms with Crippen LogP contribution in [0, 0.1) is 5.41 Å². The Hall–Kier alpha value is -1.85. The first-order chi connectivity index (χ1) is 13.7. The minimum atomic E-state index is 0.0286. The molecular weight excluding hydrogens is 380 g/mol. The fourth-order valence-electron chi connectivity index (χ4n) is 3.86. The molecule has 1 aliphatic rings. The van der Waals surface area contributed by atoms with Crippen LogP contribution >= 0.6 is 11.8 Å². The quantitative estimate of drug-likeness (QED) is 0.519. The molecule has 0 amide bonds. The Morgan fingerprint density at radius 2 is 1.66 bits per heavy atom. The lowest BCUT2D eigenvalue weighted by Gasteiger charge is -2.33. The molecule has 0 aromatic heterocycles. The molecule has 1 aliphatic heterocycles. The summed E-state index contributed by atoms with van der Waals surface area (Å²) in [7, 11) is 0. The van der Waals surface area contributed by atoms with Crippen molar-refractivity contribution in [1.82, 2.24) is 0 Å². The van der Waals surface area contributed by atoms with E-state index in [-0.39, 0.29) is 10.8 Å². The third kappa shape index (κ3) is 6.31. The number of rotatable bonds is 2. The lowest BCUT2D eigenvalue weighted by molar-refractivity contribution is 0.112. The van der Waals surface area contributed by atoms with Crippen LogP contribution in [-0.4, -0.2) is 25.6 Å². The fourth-order valence-corrected chi connectivity index (χ4v) is 4.71. The zero-order valence-electron chi connectivity index (χ0n) is 18.2. The molecule has 2 aromatic rings. The highest BCUT2D eigenvalue weighted by molar-refractivity contribution is 7.99. The van der Waals surface area contributed by atoms with Crippen molar-refractivity contribution in [1.29, 1.82) is 0 Å². The van der Waals surface area contributed by atoms with Gasteiger partial charge < -0.3 is 9.47 Å². The van der Waals surface area contributed by atoms with Crippen LogP contribution in [0.3, 0.4) is 0 Å². The molecule has 0 N–H and O–H groups in total. The van der Waals surface area contributed by atoms with Gasteiger partial charge in [0.2, 0.25) is 0 Å². The second-order valence-corrected chi connectivity index (χ2v) is 10.4. The number of nitrogens with zero attached hydrogens (tertiary/aromatic N) is 2. The lowest BCUT2D eigenvalue weighted by atomic mass is 9.72. The average Bonchev–Trinajstić information content (AvgIpc) is 2.66. The lowest BCUT2D eigenvalue weighted by Crippen LogP contribution is -2.24. The van der Waals surface area contributed by atoms with Gasteiger partial charge in [-0.2, -0.15) is 0 Å². The molecule has 2 aromatic carbocycles. The molecule has 0 fully saturated rings. The van der Waals surface area contributed by atoms with Gasteiger partial charge in [-0.25, -0.2) is 0 Å². The number of hydrogen-bond acceptors (Lipinski definition) is 5. The molecule has 156 valence electrons. The highest BCUT2D eigenvalue weighted by atomic mass is 32.2. The molecule has 0 atom stereocenters. The van der Waals surface area contributed by atoms with E-state index in [1.807, 2.05) is 24.3 Å². The predicted octanol–water partition coefficient (Wildman–Crippen LogP) is 7.32. The van der Waals surface area contributed by atoms with Crippen molar-refractivity contribution in [3.63, 3.8) is 0 Å². The van der Waals surface area contributed by atoms with Crippen LogP contribution in [0.1, 0.15) is 46.6 Å². The molecule has 29 heavy (non-hydrogen) atoms. The van der Waals surface area contributed by atoms with Crippen LogP contribution in [0.15, 0.2) is 57.6 Å². The Morgan fingerprint density at radius 3 is 2.45 bits per heavy atom. The van der Waals surface area contributed by atoms with Gasteiger partial charge in [-0.3, -0.25) is 0 Å². The van der Waals surface area contributed by atoms with Crippen molar-refractivity contribution < 1.29 is 9.47 Å². The molecule has 5 heteroatoms. The first-order valence-corrected chi connectivity index (χ1v) is 11.2. The topological polar surface area (TPSA) is 43.2 Å². The summed E-state index contributed by atoms with van der Waals surface area (Å²) in [6.07, 6.45) is 1.07. The zero-order valence-corrected chi connectivity index (χ0v) is 19.0. The van der Waals surface area contributed by atoms with Gasteiger partial charge >= 0.3 is 0 Å². The average molecular weight is 413 g/mol. The van der Waals surface area contributed by atoms with Crippen LogP contribution < -0.4 is 4.74 Å². The van der Waals surface area contributed by atoms with E-state index in [2.05, 4.69) is 63.0 Å². The number of fused-ring (bicyclic) bond motifs is 2. The summed E-state index contributed by atoms with van der Waals surface area (Å²) >= 11 is 1.74. The van der Waals surface area contributed by atoms with Crippen molar-refractivity contribution >= 4 is 23.1 Å². The predicted molar refractivity (Wildman–Crippen MR) is 121 cm³/mol. The number of hydrogen-bond donors (Lipinski definition) is 0. The van der Waals surface area contributed by atoms with E-state index < -0.39 is 0 Å². The Kier molecular flexibility index (Phi) is 7.01. The number of benzene rings is 2. The van der Waals surface area contributed by atoms with Crippen molar-refractivity contribution in [2.45, 2.75) is 51.3 Å². The second-order valence-electron chi connectivity index (χ2n) is 9.28. The summed E-state index contributed by atoms with van der Waals surface area (Å²) in [4.78, 5) is 1.12. The van der Waals surface area contributed by atoms with Crippen LogP contribution in [0.25, 0.3) is 0 Å². The molecule has 0 radical (unpaired) electrons. The maximum absolute atomic E-state index is 5.97. The van der Waals surface area contributed by atoms with Gasteiger partial charge in [0.05, 0.1) is 18.9 Å². The SMILES string of the molecule is CC(C)(C)CC(C)(C)c1ccc2c(c1)N=Nc1ccccc1SCCOCCO2. The third-order valence-electron chi connectivity index (χ3n) is 4.81. The van der Waals surface area contributed by atoms with Gasteiger partial charge in [-0.15, -0.1) is 22.0 Å². The summed E-state index contributed by atoms with van der Waals surface area (Å²) in [5.74, 6) is 1.63. The molecule has 0 spiro atoms. The molecule has 0 unspecified atom stereocenters. The van der Waals surface area contributed by atoms with Gasteiger partial charge in [0.1, 0.15) is 18.0 Å². The van der Waals surface area contributed by atoms with Crippen molar-refractivity contribution in [2.75, 3.05) is 25.6 Å². The molecule has 4 nitrogen and oxygen atoms in total. The van der Waals surface area contributed by atoms with E-state index in [4.69, 9.17) is 9.47 Å². The third-order valence-corrected chi connectivity index (χ3v) is 5.84. The smallest absolute Gasteiger partial charge is 0.146 e. The number of thioether (sulfide) groups is 1. The fraction of sp³-hybridized carbons (Fsp3) is 0.500. The van der Waals surface area contributed by atoms with E-state index in [0.29, 0.717) is 19.8 Å². The van der Waals surface area contributed by atoms with E-state index in [1.165, 1.54) is 5.56 Å². The summed E-state index contributed by atoms with van der Waals surface area (Å²) in [6, 6.07) is 14.4. The Balaban J connectivity index is 1.98. The largest absolute Gasteiger partial charge is 0.489 e. The zero-order chi connectivity index (χ0) is 20.9. The van der Waals surface area contributed by atoms with Crippen LogP contribution in [0.2, 0.25) is 0 Å². The number of azo groups is 1. The Labute approximate surface area is 179 Å². The van der Waals surface area contributed by atoms with Crippen LogP contribution in [0.4, 0.5) is 11.4 Å². The van der Waals surface area contributed by atoms with Crippen molar-refractivity contribution in [3.05, 3.63) is 48.0 Å². The first-order valence-electron chi connectivity index (χ1n) is 10.2. The van der Waals surface area contributed by atoms with Gasteiger partial charge in [0, 0.05) is 10.6 Å². The maximum atomic E-state index is 5.97. The maximum Gasteiger partial charge on any atom is 0.146 e. The highest BCUT2D eigenvalue weighted by Gasteiger charge is 2.28. The second kappa shape index (κ2) is 9.31. The first kappa shape index (κ1) is 21.8. The summed E-state index contributed by atoms with van der Waals surface area (Å²) in [5.41, 5.74) is 3.16. The minimum Gasteiger partial charge on any atom is -0.489 e. The standard InChI is InChI=1S/C24H32N2O2S/c1-23(2,3)17-24(4,5)18-10-11-21-20(16-18)26-25-19-8-6-7-9-22(19)29-15-14-27-12-13-28-21/h6-11,16H,12-15,17H2,1-5H3. The van der Waals surface area contributed by atoms with Gasteiger partial charge in [0.15, 0.2) is 0 Å². The van der Waals surface area contributed by atoms with E-state index in [1.54, 1.807) is 11.8 Å². The van der Waals surface area contributed by atoms with Crippen LogP contribution in [0.5, 0.6) is 5.75 Å². The summed E-state index contributed by atoms with van der Waals surface area (Å²) in [5, 5.41) is 9.18. The molecular formula is C24H32N2O2S. The highest BCUT2D eigenvalue weighted by Crippen LogP contribution is 2.40.